The van der Waals surface area contributed by atoms with E-state index < -0.39 is 6.10 Å². The Balaban J connectivity index is 2.39. The fourth-order valence-electron chi connectivity index (χ4n) is 1.97. The Kier molecular flexibility index (Phi) is 3.58. The van der Waals surface area contributed by atoms with E-state index in [1.807, 2.05) is 24.3 Å². The van der Waals surface area contributed by atoms with Crippen molar-refractivity contribution in [3.05, 3.63) is 42.1 Å². The molecule has 1 amide bonds. The first kappa shape index (κ1) is 12.5. The molecular formula is C14H16N2O2. The summed E-state index contributed by atoms with van der Waals surface area (Å²) in [6, 6.07) is 9.24. The van der Waals surface area contributed by atoms with Crippen LogP contribution in [0.5, 0.6) is 0 Å². The second-order valence-electron chi connectivity index (χ2n) is 4.41. The Morgan fingerprint density at radius 3 is 2.83 bits per heavy atom. The lowest BCUT2D eigenvalue weighted by Crippen LogP contribution is -2.33. The highest BCUT2D eigenvalue weighted by atomic mass is 16.3. The number of aliphatic hydroxyl groups is 1. The number of pyridine rings is 1. The summed E-state index contributed by atoms with van der Waals surface area (Å²) in [6.07, 6.45) is 1.10. The van der Waals surface area contributed by atoms with Gasteiger partial charge in [-0.25, -0.2) is 0 Å². The van der Waals surface area contributed by atoms with Crippen LogP contribution in [-0.4, -0.2) is 40.6 Å². The topological polar surface area (TPSA) is 53.4 Å². The first-order valence-corrected chi connectivity index (χ1v) is 5.87. The minimum absolute atomic E-state index is 0.102. The first-order valence-electron chi connectivity index (χ1n) is 5.87. The standard InChI is InChI=1S/C14H16N2O2/c1-10(17)9-16(2)14(18)12-7-8-15-13-6-4-3-5-11(12)13/h3-8,10,17H,9H2,1-2H3. The quantitative estimate of drug-likeness (QED) is 0.893. The number of hydrogen-bond acceptors (Lipinski definition) is 3. The largest absolute Gasteiger partial charge is 0.392 e. The molecular weight excluding hydrogens is 228 g/mol. The fraction of sp³-hybridized carbons (Fsp3) is 0.286. The molecule has 0 fully saturated rings. The van der Waals surface area contributed by atoms with E-state index in [2.05, 4.69) is 4.98 Å². The number of fused-ring (bicyclic) bond motifs is 1. The molecule has 2 rings (SSSR count). The molecule has 1 aromatic heterocycles. The van der Waals surface area contributed by atoms with Crippen LogP contribution in [0.4, 0.5) is 0 Å². The smallest absolute Gasteiger partial charge is 0.254 e. The van der Waals surface area contributed by atoms with Crippen molar-refractivity contribution in [2.45, 2.75) is 13.0 Å². The van der Waals surface area contributed by atoms with Crippen LogP contribution >= 0.6 is 0 Å². The highest BCUT2D eigenvalue weighted by Crippen LogP contribution is 2.17. The van der Waals surface area contributed by atoms with Crippen LogP contribution < -0.4 is 0 Å². The van der Waals surface area contributed by atoms with Crippen molar-refractivity contribution in [2.75, 3.05) is 13.6 Å². The molecule has 0 radical (unpaired) electrons. The summed E-state index contributed by atoms with van der Waals surface area (Å²) in [6.45, 7) is 1.98. The van der Waals surface area contributed by atoms with Gasteiger partial charge in [0.15, 0.2) is 0 Å². The van der Waals surface area contributed by atoms with Crippen LogP contribution in [0.1, 0.15) is 17.3 Å². The summed E-state index contributed by atoms with van der Waals surface area (Å²) in [5, 5.41) is 10.2. The van der Waals surface area contributed by atoms with Crippen LogP contribution in [0, 0.1) is 0 Å². The van der Waals surface area contributed by atoms with E-state index in [9.17, 15) is 9.90 Å². The van der Waals surface area contributed by atoms with Crippen LogP contribution in [0.2, 0.25) is 0 Å². The number of amides is 1. The predicted molar refractivity (Wildman–Crippen MR) is 70.4 cm³/mol. The molecule has 2 aromatic rings. The molecule has 0 aliphatic carbocycles. The van der Waals surface area contributed by atoms with Crippen molar-refractivity contribution in [3.8, 4) is 0 Å². The maximum Gasteiger partial charge on any atom is 0.254 e. The summed E-state index contributed by atoms with van der Waals surface area (Å²) < 4.78 is 0. The zero-order valence-corrected chi connectivity index (χ0v) is 10.5. The second kappa shape index (κ2) is 5.14. The zero-order chi connectivity index (χ0) is 13.1. The van der Waals surface area contributed by atoms with Crippen molar-refractivity contribution in [1.82, 2.24) is 9.88 Å². The molecule has 0 saturated heterocycles. The number of carbonyl (C=O) groups excluding carboxylic acids is 1. The summed E-state index contributed by atoms with van der Waals surface area (Å²) in [5.41, 5.74) is 1.41. The number of aromatic nitrogens is 1. The minimum Gasteiger partial charge on any atom is -0.392 e. The van der Waals surface area contributed by atoms with Gasteiger partial charge in [0.05, 0.1) is 17.2 Å². The maximum absolute atomic E-state index is 12.3. The van der Waals surface area contributed by atoms with Gasteiger partial charge in [0.2, 0.25) is 0 Å². The molecule has 0 saturated carbocycles. The summed E-state index contributed by atoms with van der Waals surface area (Å²) in [4.78, 5) is 18.0. The Hall–Kier alpha value is -1.94. The van der Waals surface area contributed by atoms with Crippen LogP contribution in [-0.2, 0) is 0 Å². The molecule has 4 nitrogen and oxygen atoms in total. The lowest BCUT2D eigenvalue weighted by atomic mass is 10.1. The van der Waals surface area contributed by atoms with Gasteiger partial charge in [0.1, 0.15) is 0 Å². The Morgan fingerprint density at radius 1 is 1.39 bits per heavy atom. The summed E-state index contributed by atoms with van der Waals surface area (Å²) in [5.74, 6) is -0.102. The molecule has 1 atom stereocenters. The van der Waals surface area contributed by atoms with E-state index in [1.165, 1.54) is 4.90 Å². The zero-order valence-electron chi connectivity index (χ0n) is 10.5. The van der Waals surface area contributed by atoms with Gasteiger partial charge < -0.3 is 10.0 Å². The van der Waals surface area contributed by atoms with Gasteiger partial charge in [-0.1, -0.05) is 18.2 Å². The molecule has 0 aliphatic rings. The highest BCUT2D eigenvalue weighted by Gasteiger charge is 2.15. The third-order valence-corrected chi connectivity index (χ3v) is 2.76. The van der Waals surface area contributed by atoms with Gasteiger partial charge in [-0.05, 0) is 19.1 Å². The van der Waals surface area contributed by atoms with Crippen molar-refractivity contribution in [1.29, 1.82) is 0 Å². The summed E-state index contributed by atoms with van der Waals surface area (Å²) in [7, 11) is 1.68. The third kappa shape index (κ3) is 2.49. The number of benzene rings is 1. The van der Waals surface area contributed by atoms with E-state index in [4.69, 9.17) is 0 Å². The fourth-order valence-corrected chi connectivity index (χ4v) is 1.97. The molecule has 0 spiro atoms. The van der Waals surface area contributed by atoms with Gasteiger partial charge in [0.25, 0.3) is 5.91 Å². The Morgan fingerprint density at radius 2 is 2.11 bits per heavy atom. The molecule has 1 heterocycles. The number of hydrogen-bond donors (Lipinski definition) is 1. The average Bonchev–Trinajstić information content (AvgIpc) is 2.36. The number of likely N-dealkylation sites (N-methyl/N-ethyl adjacent to an activating group) is 1. The van der Waals surface area contributed by atoms with Crippen molar-refractivity contribution in [3.63, 3.8) is 0 Å². The number of carbonyl (C=O) groups is 1. The molecule has 1 aromatic carbocycles. The minimum atomic E-state index is -0.535. The molecule has 0 bridgehead atoms. The van der Waals surface area contributed by atoms with Crippen molar-refractivity contribution < 1.29 is 9.90 Å². The Labute approximate surface area is 106 Å². The van der Waals surface area contributed by atoms with Gasteiger partial charge >= 0.3 is 0 Å². The second-order valence-corrected chi connectivity index (χ2v) is 4.41. The number of nitrogens with zero attached hydrogens (tertiary/aromatic N) is 2. The molecule has 1 N–H and O–H groups in total. The van der Waals surface area contributed by atoms with Crippen molar-refractivity contribution in [2.24, 2.45) is 0 Å². The normalized spacial score (nSPS) is 12.4. The number of aliphatic hydroxyl groups excluding tert-OH is 1. The van der Waals surface area contributed by atoms with Gasteiger partial charge in [-0.3, -0.25) is 9.78 Å². The molecule has 0 aliphatic heterocycles. The third-order valence-electron chi connectivity index (χ3n) is 2.76. The van der Waals surface area contributed by atoms with Gasteiger partial charge in [-0.15, -0.1) is 0 Å². The van der Waals surface area contributed by atoms with Crippen molar-refractivity contribution >= 4 is 16.8 Å². The SMILES string of the molecule is CC(O)CN(C)C(=O)c1ccnc2ccccc12. The first-order chi connectivity index (χ1) is 8.59. The maximum atomic E-state index is 12.3. The van der Waals surface area contributed by atoms with E-state index >= 15 is 0 Å². The Bertz CT molecular complexity index is 561. The summed E-state index contributed by atoms with van der Waals surface area (Å²) >= 11 is 0. The lowest BCUT2D eigenvalue weighted by molar-refractivity contribution is 0.0705. The van der Waals surface area contributed by atoms with E-state index in [-0.39, 0.29) is 5.91 Å². The predicted octanol–water partition coefficient (Wildman–Crippen LogP) is 1.69. The molecule has 4 heteroatoms. The number of rotatable bonds is 3. The van der Waals surface area contributed by atoms with Gasteiger partial charge in [0, 0.05) is 25.2 Å². The van der Waals surface area contributed by atoms with Gasteiger partial charge in [-0.2, -0.15) is 0 Å². The van der Waals surface area contributed by atoms with Crippen LogP contribution in [0.3, 0.4) is 0 Å². The van der Waals surface area contributed by atoms with E-state index in [0.29, 0.717) is 12.1 Å². The molecule has 1 unspecified atom stereocenters. The van der Waals surface area contributed by atoms with Crippen LogP contribution in [0.25, 0.3) is 10.9 Å². The van der Waals surface area contributed by atoms with E-state index in [1.54, 1.807) is 26.2 Å². The molecule has 94 valence electrons. The number of para-hydroxylation sites is 1. The monoisotopic (exact) mass is 244 g/mol. The highest BCUT2D eigenvalue weighted by molar-refractivity contribution is 6.05. The average molecular weight is 244 g/mol. The van der Waals surface area contributed by atoms with Crippen LogP contribution in [0.15, 0.2) is 36.5 Å². The molecule has 18 heavy (non-hydrogen) atoms. The lowest BCUT2D eigenvalue weighted by Gasteiger charge is -2.19. The van der Waals surface area contributed by atoms with E-state index in [0.717, 1.165) is 10.9 Å².